The van der Waals surface area contributed by atoms with Crippen LogP contribution in [0, 0.1) is 0 Å². The summed E-state index contributed by atoms with van der Waals surface area (Å²) >= 11 is 1.74. The molecule has 0 saturated carbocycles. The van der Waals surface area contributed by atoms with Crippen molar-refractivity contribution >= 4 is 29.7 Å². The van der Waals surface area contributed by atoms with Crippen molar-refractivity contribution in [1.29, 1.82) is 0 Å². The summed E-state index contributed by atoms with van der Waals surface area (Å²) in [6, 6.07) is 4.56. The molecule has 0 radical (unpaired) electrons. The van der Waals surface area contributed by atoms with Crippen LogP contribution in [-0.4, -0.2) is 37.0 Å². The third-order valence-corrected chi connectivity index (χ3v) is 4.24. The van der Waals surface area contributed by atoms with Crippen LogP contribution in [0.4, 0.5) is 0 Å². The molecule has 0 aliphatic carbocycles. The second kappa shape index (κ2) is 7.77. The number of amides is 1. The van der Waals surface area contributed by atoms with Gasteiger partial charge in [0.15, 0.2) is 0 Å². The first kappa shape index (κ1) is 15.5. The number of likely N-dealkylation sites (tertiary alicyclic amines) is 1. The Bertz CT molecular complexity index is 356. The van der Waals surface area contributed by atoms with Crippen molar-refractivity contribution in [3.8, 4) is 0 Å². The van der Waals surface area contributed by atoms with Crippen molar-refractivity contribution in [2.45, 2.75) is 31.7 Å². The van der Waals surface area contributed by atoms with E-state index in [1.165, 1.54) is 4.88 Å². The topological polar surface area (TPSA) is 32.3 Å². The summed E-state index contributed by atoms with van der Waals surface area (Å²) in [5.41, 5.74) is 0. The number of likely N-dealkylation sites (N-methyl/N-ethyl adjacent to an activating group) is 1. The highest BCUT2D eigenvalue weighted by Crippen LogP contribution is 2.19. The number of thiophene rings is 1. The van der Waals surface area contributed by atoms with Gasteiger partial charge < -0.3 is 10.2 Å². The van der Waals surface area contributed by atoms with Crippen LogP contribution in [-0.2, 0) is 11.2 Å². The van der Waals surface area contributed by atoms with Crippen LogP contribution in [0.15, 0.2) is 17.5 Å². The smallest absolute Gasteiger partial charge is 0.223 e. The molecule has 1 atom stereocenters. The summed E-state index contributed by atoms with van der Waals surface area (Å²) in [4.78, 5) is 15.5. The molecule has 1 N–H and O–H groups in total. The molecule has 0 spiro atoms. The summed E-state index contributed by atoms with van der Waals surface area (Å²) in [7, 11) is 1.95. The molecule has 1 aliphatic heterocycles. The molecule has 18 heavy (non-hydrogen) atoms. The average molecular weight is 289 g/mol. The molecule has 1 aliphatic rings. The van der Waals surface area contributed by atoms with Crippen molar-refractivity contribution in [2.75, 3.05) is 20.1 Å². The van der Waals surface area contributed by atoms with Crippen LogP contribution in [0.2, 0.25) is 0 Å². The second-order valence-corrected chi connectivity index (χ2v) is 5.55. The lowest BCUT2D eigenvalue weighted by atomic mass is 10.2. The van der Waals surface area contributed by atoms with Gasteiger partial charge in [-0.05, 0) is 37.8 Å². The summed E-state index contributed by atoms with van der Waals surface area (Å²) in [6.45, 7) is 1.86. The number of carbonyl (C=O) groups is 1. The zero-order chi connectivity index (χ0) is 12.1. The first-order chi connectivity index (χ1) is 8.31. The van der Waals surface area contributed by atoms with Gasteiger partial charge in [-0.3, -0.25) is 4.79 Å². The summed E-state index contributed by atoms with van der Waals surface area (Å²) in [6.07, 6.45) is 3.84. The lowest BCUT2D eigenvalue weighted by Crippen LogP contribution is -2.40. The van der Waals surface area contributed by atoms with Crippen LogP contribution >= 0.6 is 23.7 Å². The number of carbonyl (C=O) groups excluding carboxylic acids is 1. The van der Waals surface area contributed by atoms with Gasteiger partial charge >= 0.3 is 0 Å². The number of hydrogen-bond donors (Lipinski definition) is 1. The molecule has 2 rings (SSSR count). The molecule has 1 fully saturated rings. The van der Waals surface area contributed by atoms with E-state index in [0.29, 0.717) is 18.4 Å². The lowest BCUT2D eigenvalue weighted by Gasteiger charge is -2.24. The average Bonchev–Trinajstić information content (AvgIpc) is 2.97. The fourth-order valence-corrected chi connectivity index (χ4v) is 3.15. The molecule has 1 unspecified atom stereocenters. The fourth-order valence-electron chi connectivity index (χ4n) is 2.44. The number of hydrogen-bond acceptors (Lipinski definition) is 3. The van der Waals surface area contributed by atoms with E-state index in [1.807, 2.05) is 13.1 Å². The minimum atomic E-state index is 0. The molecule has 102 valence electrons. The van der Waals surface area contributed by atoms with E-state index >= 15 is 0 Å². The number of halogens is 1. The highest BCUT2D eigenvalue weighted by Gasteiger charge is 2.27. The number of nitrogens with one attached hydrogen (secondary N) is 1. The SMILES string of the molecule is CNCC1CCCN1C(=O)CCc1cccs1.Cl. The van der Waals surface area contributed by atoms with Gasteiger partial charge in [0.2, 0.25) is 5.91 Å². The molecular formula is C13H21ClN2OS. The zero-order valence-corrected chi connectivity index (χ0v) is 12.4. The molecule has 1 aromatic rings. The van der Waals surface area contributed by atoms with E-state index in [0.717, 1.165) is 32.4 Å². The van der Waals surface area contributed by atoms with Crippen molar-refractivity contribution < 1.29 is 4.79 Å². The molecule has 0 bridgehead atoms. The fraction of sp³-hybridized carbons (Fsp3) is 0.615. The maximum Gasteiger partial charge on any atom is 0.223 e. The van der Waals surface area contributed by atoms with Crippen molar-refractivity contribution in [3.63, 3.8) is 0 Å². The van der Waals surface area contributed by atoms with Gasteiger partial charge in [-0.25, -0.2) is 0 Å². The predicted octanol–water partition coefficient (Wildman–Crippen LogP) is 2.31. The maximum atomic E-state index is 12.1. The van der Waals surface area contributed by atoms with E-state index in [9.17, 15) is 4.79 Å². The summed E-state index contributed by atoms with van der Waals surface area (Å²) in [5, 5.41) is 5.24. The van der Waals surface area contributed by atoms with Crippen LogP contribution in [0.3, 0.4) is 0 Å². The first-order valence-electron chi connectivity index (χ1n) is 6.27. The quantitative estimate of drug-likeness (QED) is 0.902. The van der Waals surface area contributed by atoms with Gasteiger partial charge in [0.25, 0.3) is 0 Å². The lowest BCUT2D eigenvalue weighted by molar-refractivity contribution is -0.131. The van der Waals surface area contributed by atoms with Crippen molar-refractivity contribution in [3.05, 3.63) is 22.4 Å². The van der Waals surface area contributed by atoms with Crippen molar-refractivity contribution in [1.82, 2.24) is 10.2 Å². The first-order valence-corrected chi connectivity index (χ1v) is 7.15. The van der Waals surface area contributed by atoms with E-state index in [4.69, 9.17) is 0 Å². The minimum Gasteiger partial charge on any atom is -0.338 e. The van der Waals surface area contributed by atoms with Crippen LogP contribution in [0.1, 0.15) is 24.1 Å². The number of rotatable bonds is 5. The highest BCUT2D eigenvalue weighted by atomic mass is 35.5. The molecule has 2 heterocycles. The maximum absolute atomic E-state index is 12.1. The van der Waals surface area contributed by atoms with Crippen LogP contribution in [0.25, 0.3) is 0 Å². The normalized spacial score (nSPS) is 18.7. The van der Waals surface area contributed by atoms with Gasteiger partial charge in [0.1, 0.15) is 0 Å². The Hall–Kier alpha value is -0.580. The molecule has 1 amide bonds. The predicted molar refractivity (Wildman–Crippen MR) is 78.5 cm³/mol. The molecule has 3 nitrogen and oxygen atoms in total. The molecular weight excluding hydrogens is 268 g/mol. The number of aryl methyl sites for hydroxylation is 1. The number of nitrogens with zero attached hydrogens (tertiary/aromatic N) is 1. The monoisotopic (exact) mass is 288 g/mol. The third kappa shape index (κ3) is 3.97. The Morgan fingerprint density at radius 3 is 3.11 bits per heavy atom. The minimum absolute atomic E-state index is 0. The summed E-state index contributed by atoms with van der Waals surface area (Å²) in [5.74, 6) is 0.316. The van der Waals surface area contributed by atoms with Gasteiger partial charge in [-0.2, -0.15) is 0 Å². The highest BCUT2D eigenvalue weighted by molar-refractivity contribution is 7.09. The Morgan fingerprint density at radius 1 is 1.61 bits per heavy atom. The molecule has 1 aromatic heterocycles. The third-order valence-electron chi connectivity index (χ3n) is 3.30. The summed E-state index contributed by atoms with van der Waals surface area (Å²) < 4.78 is 0. The van der Waals surface area contributed by atoms with E-state index in [2.05, 4.69) is 21.7 Å². The standard InChI is InChI=1S/C13H20N2OS.ClH/c1-14-10-11-4-2-8-15(11)13(16)7-6-12-5-3-9-17-12;/h3,5,9,11,14H,2,4,6-8,10H2,1H3;1H. The van der Waals surface area contributed by atoms with Gasteiger partial charge in [0.05, 0.1) is 0 Å². The molecule has 1 saturated heterocycles. The largest absolute Gasteiger partial charge is 0.338 e. The Kier molecular flexibility index (Phi) is 6.68. The zero-order valence-electron chi connectivity index (χ0n) is 10.7. The van der Waals surface area contributed by atoms with Gasteiger partial charge in [-0.1, -0.05) is 6.07 Å². The Balaban J connectivity index is 0.00000162. The Morgan fingerprint density at radius 2 is 2.44 bits per heavy atom. The Labute approximate surface area is 119 Å². The van der Waals surface area contributed by atoms with E-state index < -0.39 is 0 Å². The van der Waals surface area contributed by atoms with Crippen molar-refractivity contribution in [2.24, 2.45) is 0 Å². The molecule has 0 aromatic carbocycles. The van der Waals surface area contributed by atoms with Crippen LogP contribution < -0.4 is 5.32 Å². The van der Waals surface area contributed by atoms with E-state index in [1.54, 1.807) is 11.3 Å². The second-order valence-electron chi connectivity index (χ2n) is 4.52. The molecule has 5 heteroatoms. The van der Waals surface area contributed by atoms with Gasteiger partial charge in [-0.15, -0.1) is 23.7 Å². The van der Waals surface area contributed by atoms with E-state index in [-0.39, 0.29) is 12.4 Å². The van der Waals surface area contributed by atoms with Gasteiger partial charge in [0, 0.05) is 30.4 Å². The van der Waals surface area contributed by atoms with Crippen LogP contribution in [0.5, 0.6) is 0 Å².